The summed E-state index contributed by atoms with van der Waals surface area (Å²) in [6.45, 7) is 16.5. The Labute approximate surface area is 162 Å². The van der Waals surface area contributed by atoms with E-state index in [1.807, 2.05) is 6.08 Å². The zero-order valence-electron chi connectivity index (χ0n) is 17.7. The molecule has 0 aromatic carbocycles. The summed E-state index contributed by atoms with van der Waals surface area (Å²) in [5, 5.41) is 0. The molecule has 0 saturated heterocycles. The van der Waals surface area contributed by atoms with E-state index in [-0.39, 0.29) is 6.29 Å². The minimum atomic E-state index is -2.34. The molecule has 0 saturated carbocycles. The predicted molar refractivity (Wildman–Crippen MR) is 115 cm³/mol. The van der Waals surface area contributed by atoms with Crippen LogP contribution in [0.1, 0.15) is 79.6 Å². The molecule has 0 radical (unpaired) electrons. The predicted octanol–water partition coefficient (Wildman–Crippen LogP) is 7.28. The van der Waals surface area contributed by atoms with Crippen LogP contribution in [0.2, 0.25) is 13.3 Å². The quantitative estimate of drug-likeness (QED) is 0.129. The van der Waals surface area contributed by atoms with Crippen molar-refractivity contribution in [3.8, 4) is 0 Å². The van der Waals surface area contributed by atoms with Crippen LogP contribution < -0.4 is 0 Å². The van der Waals surface area contributed by atoms with Crippen molar-refractivity contribution in [3.63, 3.8) is 0 Å². The van der Waals surface area contributed by atoms with Crippen LogP contribution in [-0.2, 0) is 9.47 Å². The Bertz CT molecular complexity index is 324. The van der Waals surface area contributed by atoms with Crippen LogP contribution in [0, 0.1) is 0 Å². The van der Waals surface area contributed by atoms with Crippen molar-refractivity contribution in [1.29, 1.82) is 0 Å². The summed E-state index contributed by atoms with van der Waals surface area (Å²) in [4.78, 5) is 0. The topological polar surface area (TPSA) is 18.5 Å². The second-order valence-electron chi connectivity index (χ2n) is 7.13. The van der Waals surface area contributed by atoms with Gasteiger partial charge in [0.25, 0.3) is 0 Å². The summed E-state index contributed by atoms with van der Waals surface area (Å²) >= 11 is -2.34. The fraction of sp³-hybridized carbons (Fsp3) is 0.818. The fourth-order valence-corrected chi connectivity index (χ4v) is 18.9. The average molecular weight is 459 g/mol. The molecule has 0 fully saturated rings. The van der Waals surface area contributed by atoms with Gasteiger partial charge in [-0.05, 0) is 0 Å². The van der Waals surface area contributed by atoms with Gasteiger partial charge >= 0.3 is 163 Å². The third-order valence-corrected chi connectivity index (χ3v) is 19.3. The first-order valence-corrected chi connectivity index (χ1v) is 18.4. The Morgan fingerprint density at radius 1 is 0.840 bits per heavy atom. The summed E-state index contributed by atoms with van der Waals surface area (Å²) in [5.41, 5.74) is 1.36. The third-order valence-electron chi connectivity index (χ3n) is 4.90. The van der Waals surface area contributed by atoms with Crippen molar-refractivity contribution < 1.29 is 9.47 Å². The molecule has 0 aliphatic carbocycles. The van der Waals surface area contributed by atoms with Gasteiger partial charge in [0.1, 0.15) is 0 Å². The van der Waals surface area contributed by atoms with Crippen LogP contribution in [0.15, 0.2) is 22.3 Å². The monoisotopic (exact) mass is 460 g/mol. The number of rotatable bonds is 17. The van der Waals surface area contributed by atoms with Crippen molar-refractivity contribution in [2.75, 3.05) is 13.2 Å². The van der Waals surface area contributed by atoms with Crippen LogP contribution in [0.5, 0.6) is 0 Å². The standard InChI is InChI=1S/C10H17O2.3C4H9.Sn/c1-5-8-9(4)10(11-6-2)12-7-3;3*1-3-4-2;/h4-5,10H,1,6-8H2,2-3H3;3*1,3-4H2,2H3;. The van der Waals surface area contributed by atoms with Crippen LogP contribution in [0.25, 0.3) is 0 Å². The molecule has 0 aromatic rings. The molecule has 3 heteroatoms. The van der Waals surface area contributed by atoms with Crippen molar-refractivity contribution in [2.24, 2.45) is 0 Å². The first kappa shape index (κ1) is 25.2. The fourth-order valence-electron chi connectivity index (χ4n) is 3.53. The molecule has 0 aliphatic heterocycles. The van der Waals surface area contributed by atoms with E-state index in [9.17, 15) is 0 Å². The van der Waals surface area contributed by atoms with Crippen molar-refractivity contribution in [1.82, 2.24) is 0 Å². The summed E-state index contributed by atoms with van der Waals surface area (Å²) in [6, 6.07) is 0. The Morgan fingerprint density at radius 2 is 1.28 bits per heavy atom. The molecule has 148 valence electrons. The van der Waals surface area contributed by atoms with Gasteiger partial charge < -0.3 is 0 Å². The van der Waals surface area contributed by atoms with Crippen LogP contribution in [0.3, 0.4) is 0 Å². The van der Waals surface area contributed by atoms with Gasteiger partial charge in [-0.2, -0.15) is 0 Å². The SMILES string of the molecule is C=CC/C(=[CH]\[Sn]([CH2]CCC)([CH2]CCC)[CH2]CCC)C(OCC)OCC. The van der Waals surface area contributed by atoms with Gasteiger partial charge in [-0.15, -0.1) is 0 Å². The Kier molecular flexibility index (Phi) is 16.5. The van der Waals surface area contributed by atoms with Gasteiger partial charge in [0, 0.05) is 0 Å². The van der Waals surface area contributed by atoms with E-state index in [0.717, 1.165) is 6.42 Å². The normalized spacial score (nSPS) is 12.8. The minimum absolute atomic E-state index is 0.172. The molecule has 0 aliphatic rings. The molecular weight excluding hydrogens is 415 g/mol. The first-order chi connectivity index (χ1) is 12.1. The summed E-state index contributed by atoms with van der Waals surface area (Å²) in [5.74, 6) is 0. The summed E-state index contributed by atoms with van der Waals surface area (Å²) < 4.78 is 19.1. The molecule has 0 aromatic heterocycles. The van der Waals surface area contributed by atoms with Crippen molar-refractivity contribution in [3.05, 3.63) is 22.3 Å². The van der Waals surface area contributed by atoms with E-state index in [4.69, 9.17) is 9.47 Å². The molecule has 0 rings (SSSR count). The van der Waals surface area contributed by atoms with E-state index in [2.05, 4.69) is 45.3 Å². The van der Waals surface area contributed by atoms with Crippen molar-refractivity contribution in [2.45, 2.75) is 99.2 Å². The second-order valence-corrected chi connectivity index (χ2v) is 20.0. The summed E-state index contributed by atoms with van der Waals surface area (Å²) in [7, 11) is 0. The van der Waals surface area contributed by atoms with Gasteiger partial charge in [-0.1, -0.05) is 0 Å². The number of allylic oxidation sites excluding steroid dienone is 1. The molecule has 25 heavy (non-hydrogen) atoms. The van der Waals surface area contributed by atoms with E-state index in [0.29, 0.717) is 13.2 Å². The zero-order valence-corrected chi connectivity index (χ0v) is 20.6. The van der Waals surface area contributed by atoms with Gasteiger partial charge in [0.05, 0.1) is 0 Å². The number of hydrogen-bond acceptors (Lipinski definition) is 2. The zero-order chi connectivity index (χ0) is 19.0. The number of hydrogen-bond donors (Lipinski definition) is 0. The van der Waals surface area contributed by atoms with Gasteiger partial charge in [0.15, 0.2) is 0 Å². The summed E-state index contributed by atoms with van der Waals surface area (Å²) in [6.07, 6.45) is 10.8. The van der Waals surface area contributed by atoms with Gasteiger partial charge in [0.2, 0.25) is 0 Å². The second kappa shape index (κ2) is 16.4. The van der Waals surface area contributed by atoms with Crippen LogP contribution in [0.4, 0.5) is 0 Å². The molecule has 0 unspecified atom stereocenters. The Balaban J connectivity index is 5.71. The number of ether oxygens (including phenoxy) is 2. The number of unbranched alkanes of at least 4 members (excludes halogenated alkanes) is 3. The molecule has 0 bridgehead atoms. The molecule has 0 N–H and O–H groups in total. The molecule has 0 atom stereocenters. The molecule has 0 amide bonds. The Morgan fingerprint density at radius 3 is 1.60 bits per heavy atom. The molecule has 0 spiro atoms. The van der Waals surface area contributed by atoms with Crippen molar-refractivity contribution >= 4 is 18.4 Å². The van der Waals surface area contributed by atoms with Crippen LogP contribution >= 0.6 is 0 Å². The van der Waals surface area contributed by atoms with E-state index < -0.39 is 18.4 Å². The van der Waals surface area contributed by atoms with E-state index in [1.165, 1.54) is 57.4 Å². The van der Waals surface area contributed by atoms with Gasteiger partial charge in [-0.25, -0.2) is 0 Å². The molecular formula is C22H44O2Sn. The van der Waals surface area contributed by atoms with Crippen LogP contribution in [-0.4, -0.2) is 37.9 Å². The molecule has 0 heterocycles. The average Bonchev–Trinajstić information content (AvgIpc) is 2.62. The molecule has 2 nitrogen and oxygen atoms in total. The van der Waals surface area contributed by atoms with Gasteiger partial charge in [-0.3, -0.25) is 0 Å². The first-order valence-electron chi connectivity index (χ1n) is 10.7. The van der Waals surface area contributed by atoms with E-state index in [1.54, 1.807) is 0 Å². The maximum atomic E-state index is 5.95. The Hall–Kier alpha value is 0.199. The maximum absolute atomic E-state index is 5.95. The van der Waals surface area contributed by atoms with E-state index >= 15 is 0 Å². The third kappa shape index (κ3) is 10.8.